The minimum atomic E-state index is -4.12. The highest BCUT2D eigenvalue weighted by Crippen LogP contribution is 2.34. The van der Waals surface area contributed by atoms with Crippen LogP contribution in [0.5, 0.6) is 5.88 Å². The molecule has 1 aromatic heterocycles. The first-order chi connectivity index (χ1) is 15.3. The van der Waals surface area contributed by atoms with Crippen molar-refractivity contribution in [1.82, 2.24) is 14.1 Å². The molecule has 0 spiro atoms. The number of aromatic hydroxyl groups is 1. The number of amides is 1. The third kappa shape index (κ3) is 3.92. The van der Waals surface area contributed by atoms with Crippen molar-refractivity contribution in [2.45, 2.75) is 24.8 Å². The van der Waals surface area contributed by atoms with Crippen LogP contribution in [-0.2, 0) is 10.0 Å². The quantitative estimate of drug-likeness (QED) is 0.478. The lowest BCUT2D eigenvalue weighted by molar-refractivity contribution is 0.223. The van der Waals surface area contributed by atoms with E-state index in [1.165, 1.54) is 12.1 Å². The van der Waals surface area contributed by atoms with Crippen molar-refractivity contribution in [2.24, 2.45) is 0 Å². The lowest BCUT2D eigenvalue weighted by atomic mass is 9.98. The number of hydrogen-bond donors (Lipinski definition) is 2. The molecule has 0 bridgehead atoms. The molecule has 164 valence electrons. The fourth-order valence-electron chi connectivity index (χ4n) is 3.65. The average Bonchev–Trinajstić information content (AvgIpc) is 2.79. The zero-order valence-electron chi connectivity index (χ0n) is 17.6. The molecule has 0 aliphatic rings. The zero-order chi connectivity index (χ0) is 22.9. The van der Waals surface area contributed by atoms with Crippen LogP contribution in [0.2, 0.25) is 0 Å². The number of sulfonamides is 1. The SMILES string of the molecule is Cc1ccc(S(=O)(=O)NC(=O)n2c(O)c(C)n2C(c2ccccc2)c2ccccc2)cc1. The highest BCUT2D eigenvalue weighted by Gasteiger charge is 2.31. The predicted molar refractivity (Wildman–Crippen MR) is 121 cm³/mol. The van der Waals surface area contributed by atoms with Gasteiger partial charge in [0.25, 0.3) is 10.0 Å². The van der Waals surface area contributed by atoms with Crippen molar-refractivity contribution in [3.63, 3.8) is 0 Å². The molecule has 0 radical (unpaired) electrons. The van der Waals surface area contributed by atoms with Gasteiger partial charge in [0.2, 0.25) is 5.88 Å². The maximum absolute atomic E-state index is 13.0. The van der Waals surface area contributed by atoms with Crippen LogP contribution in [0.3, 0.4) is 0 Å². The molecule has 0 aliphatic heterocycles. The summed E-state index contributed by atoms with van der Waals surface area (Å²) in [5, 5.41) is 10.5. The van der Waals surface area contributed by atoms with E-state index >= 15 is 0 Å². The summed E-state index contributed by atoms with van der Waals surface area (Å²) in [4.78, 5) is 13.0. The van der Waals surface area contributed by atoms with E-state index in [2.05, 4.69) is 4.72 Å². The van der Waals surface area contributed by atoms with Crippen LogP contribution >= 0.6 is 0 Å². The molecule has 2 N–H and O–H groups in total. The number of carbonyl (C=O) groups is 1. The summed E-state index contributed by atoms with van der Waals surface area (Å²) in [5.74, 6) is -0.307. The first-order valence-corrected chi connectivity index (χ1v) is 11.5. The minimum Gasteiger partial charge on any atom is -0.492 e. The highest BCUT2D eigenvalue weighted by atomic mass is 32.2. The first kappa shape index (κ1) is 21.5. The highest BCUT2D eigenvalue weighted by molar-refractivity contribution is 7.90. The summed E-state index contributed by atoms with van der Waals surface area (Å²) in [6.45, 7) is 3.51. The molecular formula is C24H23N3O4S. The van der Waals surface area contributed by atoms with Crippen LogP contribution in [0, 0.1) is 13.8 Å². The summed E-state index contributed by atoms with van der Waals surface area (Å²) in [6, 6.07) is 23.7. The van der Waals surface area contributed by atoms with Crippen molar-refractivity contribution in [1.29, 1.82) is 0 Å². The van der Waals surface area contributed by atoms with E-state index in [4.69, 9.17) is 0 Å². The Labute approximate surface area is 186 Å². The van der Waals surface area contributed by atoms with Gasteiger partial charge in [-0.3, -0.25) is 4.68 Å². The summed E-state index contributed by atoms with van der Waals surface area (Å²) in [6.07, 6.45) is 0. The van der Waals surface area contributed by atoms with Crippen LogP contribution in [-0.4, -0.2) is 28.9 Å². The molecule has 1 heterocycles. The van der Waals surface area contributed by atoms with Crippen LogP contribution in [0.1, 0.15) is 28.4 Å². The Morgan fingerprint density at radius 1 is 0.844 bits per heavy atom. The fourth-order valence-corrected chi connectivity index (χ4v) is 4.57. The van der Waals surface area contributed by atoms with Gasteiger partial charge in [-0.25, -0.2) is 17.9 Å². The van der Waals surface area contributed by atoms with Gasteiger partial charge >= 0.3 is 6.03 Å². The number of aryl methyl sites for hydroxylation is 1. The smallest absolute Gasteiger partial charge is 0.357 e. The Hall–Kier alpha value is -3.78. The largest absolute Gasteiger partial charge is 0.492 e. The molecule has 8 heteroatoms. The molecular weight excluding hydrogens is 426 g/mol. The van der Waals surface area contributed by atoms with E-state index in [1.807, 2.05) is 67.6 Å². The van der Waals surface area contributed by atoms with Gasteiger partial charge in [0.05, 0.1) is 10.6 Å². The molecule has 4 aromatic rings. The van der Waals surface area contributed by atoms with Crippen LogP contribution in [0.25, 0.3) is 0 Å². The van der Waals surface area contributed by atoms with Gasteiger partial charge in [-0.15, -0.1) is 0 Å². The van der Waals surface area contributed by atoms with Gasteiger partial charge in [0.1, 0.15) is 6.04 Å². The lowest BCUT2D eigenvalue weighted by Gasteiger charge is -2.32. The first-order valence-electron chi connectivity index (χ1n) is 10.0. The summed E-state index contributed by atoms with van der Waals surface area (Å²) in [5.41, 5.74) is 3.11. The number of aromatic nitrogens is 2. The number of nitrogens with one attached hydrogen (secondary N) is 1. The molecule has 0 aliphatic carbocycles. The van der Waals surface area contributed by atoms with E-state index in [9.17, 15) is 18.3 Å². The monoisotopic (exact) mass is 449 g/mol. The van der Waals surface area contributed by atoms with E-state index in [0.29, 0.717) is 5.69 Å². The number of hydrogen-bond acceptors (Lipinski definition) is 4. The summed E-state index contributed by atoms with van der Waals surface area (Å²) in [7, 11) is -4.12. The van der Waals surface area contributed by atoms with E-state index in [-0.39, 0.29) is 10.8 Å². The van der Waals surface area contributed by atoms with Crippen LogP contribution < -0.4 is 4.72 Å². The minimum absolute atomic E-state index is 0.0358. The third-order valence-corrected chi connectivity index (χ3v) is 6.64. The third-order valence-electron chi connectivity index (χ3n) is 5.30. The van der Waals surface area contributed by atoms with Gasteiger partial charge < -0.3 is 5.11 Å². The topological polar surface area (TPSA) is 93.3 Å². The van der Waals surface area contributed by atoms with Crippen molar-refractivity contribution in [3.8, 4) is 5.88 Å². The predicted octanol–water partition coefficient (Wildman–Crippen LogP) is 4.20. The molecule has 7 nitrogen and oxygen atoms in total. The second kappa shape index (κ2) is 8.39. The number of carbonyl (C=O) groups excluding carboxylic acids is 1. The molecule has 4 rings (SSSR count). The number of rotatable bonds is 5. The maximum Gasteiger partial charge on any atom is 0.357 e. The molecule has 0 saturated heterocycles. The Kier molecular flexibility index (Phi) is 5.63. The zero-order valence-corrected chi connectivity index (χ0v) is 18.5. The van der Waals surface area contributed by atoms with Gasteiger partial charge in [0, 0.05) is 0 Å². The van der Waals surface area contributed by atoms with E-state index < -0.39 is 22.1 Å². The second-order valence-corrected chi connectivity index (χ2v) is 9.20. The van der Waals surface area contributed by atoms with E-state index in [1.54, 1.807) is 23.7 Å². The maximum atomic E-state index is 13.0. The van der Waals surface area contributed by atoms with Crippen molar-refractivity contribution < 1.29 is 18.3 Å². The molecule has 0 saturated carbocycles. The molecule has 0 fully saturated rings. The van der Waals surface area contributed by atoms with Gasteiger partial charge in [-0.2, -0.15) is 4.68 Å². The van der Waals surface area contributed by atoms with Gasteiger partial charge in [-0.1, -0.05) is 78.4 Å². The normalized spacial score (nSPS) is 11.6. The number of benzene rings is 3. The Morgan fingerprint density at radius 2 is 1.34 bits per heavy atom. The lowest BCUT2D eigenvalue weighted by Crippen LogP contribution is -2.42. The summed E-state index contributed by atoms with van der Waals surface area (Å²) < 4.78 is 30.0. The van der Waals surface area contributed by atoms with Crippen LogP contribution in [0.15, 0.2) is 89.8 Å². The summed E-state index contributed by atoms with van der Waals surface area (Å²) >= 11 is 0. The van der Waals surface area contributed by atoms with Crippen molar-refractivity contribution in [3.05, 3.63) is 107 Å². The fraction of sp³-hybridized carbons (Fsp3) is 0.125. The average molecular weight is 450 g/mol. The molecule has 0 atom stereocenters. The van der Waals surface area contributed by atoms with Crippen LogP contribution in [0.4, 0.5) is 4.79 Å². The van der Waals surface area contributed by atoms with Crippen molar-refractivity contribution >= 4 is 16.1 Å². The Morgan fingerprint density at radius 3 is 1.84 bits per heavy atom. The van der Waals surface area contributed by atoms with Gasteiger partial charge in [0.15, 0.2) is 0 Å². The second-order valence-electron chi connectivity index (χ2n) is 7.51. The van der Waals surface area contributed by atoms with Crippen molar-refractivity contribution in [2.75, 3.05) is 0 Å². The van der Waals surface area contributed by atoms with E-state index in [0.717, 1.165) is 21.4 Å². The standard InChI is InChI=1S/C24H23N3O4S/c1-17-13-15-21(16-14-17)32(30,31)25-24(29)27-23(28)18(2)26(27)22(19-9-5-3-6-10-19)20-11-7-4-8-12-20/h3-16,22,28H,1-2H3,(H,25,29). The Bertz CT molecular complexity index is 1300. The Balaban J connectivity index is 1.75. The molecule has 3 aromatic carbocycles. The number of nitrogens with zero attached hydrogens (tertiary/aromatic N) is 2. The molecule has 32 heavy (non-hydrogen) atoms. The molecule has 0 unspecified atom stereocenters. The molecule has 1 amide bonds. The van der Waals surface area contributed by atoms with Gasteiger partial charge in [-0.05, 0) is 37.1 Å².